The summed E-state index contributed by atoms with van der Waals surface area (Å²) < 4.78 is 28.6. The van der Waals surface area contributed by atoms with Gasteiger partial charge >= 0.3 is 0 Å². The number of aryl methyl sites for hydroxylation is 1. The summed E-state index contributed by atoms with van der Waals surface area (Å²) in [5.41, 5.74) is 0.823. The van der Waals surface area contributed by atoms with Gasteiger partial charge in [0.05, 0.1) is 12.3 Å². The van der Waals surface area contributed by atoms with Crippen LogP contribution in [-0.2, 0) is 28.9 Å². The molecule has 1 aliphatic heterocycles. The van der Waals surface area contributed by atoms with Crippen molar-refractivity contribution < 1.29 is 8.42 Å². The second kappa shape index (κ2) is 8.03. The lowest BCUT2D eigenvalue weighted by molar-refractivity contribution is 0.175. The van der Waals surface area contributed by atoms with Crippen LogP contribution in [0, 0.1) is 0 Å². The van der Waals surface area contributed by atoms with Crippen LogP contribution in [0.15, 0.2) is 30.3 Å². The van der Waals surface area contributed by atoms with E-state index in [-0.39, 0.29) is 5.75 Å². The molecular formula is C16H24N6O2S. The molecule has 0 radical (unpaired) electrons. The third kappa shape index (κ3) is 4.62. The van der Waals surface area contributed by atoms with E-state index in [4.69, 9.17) is 0 Å². The Bertz CT molecular complexity index is 769. The zero-order valence-electron chi connectivity index (χ0n) is 14.5. The zero-order valence-corrected chi connectivity index (χ0v) is 15.3. The summed E-state index contributed by atoms with van der Waals surface area (Å²) in [7, 11) is -3.28. The molecule has 0 spiro atoms. The summed E-state index contributed by atoms with van der Waals surface area (Å²) in [4.78, 5) is 2.20. The molecule has 1 aliphatic rings. The summed E-state index contributed by atoms with van der Waals surface area (Å²) in [5.74, 6) is 0.894. The largest absolute Gasteiger partial charge is 0.293 e. The molecule has 1 fully saturated rings. The van der Waals surface area contributed by atoms with Crippen LogP contribution in [0.2, 0.25) is 0 Å². The van der Waals surface area contributed by atoms with E-state index in [9.17, 15) is 8.42 Å². The van der Waals surface area contributed by atoms with Crippen LogP contribution < -0.4 is 0 Å². The minimum absolute atomic E-state index is 0.0581. The van der Waals surface area contributed by atoms with E-state index in [1.807, 2.05) is 35.0 Å². The molecule has 2 aromatic rings. The number of aromatic nitrogens is 4. The topological polar surface area (TPSA) is 84.2 Å². The number of hydrogen-bond donors (Lipinski definition) is 0. The standard InChI is InChI=1S/C16H24N6O2S/c1-2-8-22-16(17-18-19-22)13-20-9-11-21(12-10-20)25(23,24)14-15-6-4-3-5-7-15/h3-7H,2,8-14H2,1H3. The van der Waals surface area contributed by atoms with Gasteiger partial charge in [-0.15, -0.1) is 5.10 Å². The third-order valence-electron chi connectivity index (χ3n) is 4.32. The number of sulfonamides is 1. The first-order chi connectivity index (χ1) is 12.1. The predicted octanol–water partition coefficient (Wildman–Crippen LogP) is 0.731. The molecule has 0 aliphatic carbocycles. The van der Waals surface area contributed by atoms with Gasteiger partial charge in [-0.3, -0.25) is 4.90 Å². The second-order valence-corrected chi connectivity index (χ2v) is 8.20. The Morgan fingerprint density at radius 2 is 1.80 bits per heavy atom. The Morgan fingerprint density at radius 3 is 2.48 bits per heavy atom. The number of hydrogen-bond acceptors (Lipinski definition) is 6. The van der Waals surface area contributed by atoms with Crippen LogP contribution in [0.1, 0.15) is 24.7 Å². The second-order valence-electron chi connectivity index (χ2n) is 6.24. The van der Waals surface area contributed by atoms with Crippen molar-refractivity contribution >= 4 is 10.0 Å². The lowest BCUT2D eigenvalue weighted by atomic mass is 10.2. The van der Waals surface area contributed by atoms with Crippen molar-refractivity contribution in [2.45, 2.75) is 32.2 Å². The highest BCUT2D eigenvalue weighted by Crippen LogP contribution is 2.14. The normalized spacial score (nSPS) is 17.0. The van der Waals surface area contributed by atoms with Crippen LogP contribution >= 0.6 is 0 Å². The van der Waals surface area contributed by atoms with Gasteiger partial charge < -0.3 is 0 Å². The van der Waals surface area contributed by atoms with E-state index in [1.54, 1.807) is 4.31 Å². The Balaban J connectivity index is 1.55. The molecule has 1 aromatic heterocycles. The smallest absolute Gasteiger partial charge is 0.218 e. The fourth-order valence-electron chi connectivity index (χ4n) is 2.96. The molecule has 25 heavy (non-hydrogen) atoms. The van der Waals surface area contributed by atoms with Gasteiger partial charge in [-0.2, -0.15) is 4.31 Å². The number of piperazine rings is 1. The molecule has 8 nitrogen and oxygen atoms in total. The zero-order chi connectivity index (χ0) is 17.7. The molecule has 0 saturated carbocycles. The molecule has 136 valence electrons. The summed E-state index contributed by atoms with van der Waals surface area (Å²) in [5, 5.41) is 11.8. The lowest BCUT2D eigenvalue weighted by Gasteiger charge is -2.33. The Kier molecular flexibility index (Phi) is 5.77. The maximum atomic E-state index is 12.6. The lowest BCUT2D eigenvalue weighted by Crippen LogP contribution is -2.48. The maximum Gasteiger partial charge on any atom is 0.218 e. The van der Waals surface area contributed by atoms with Gasteiger partial charge in [0.2, 0.25) is 10.0 Å². The van der Waals surface area contributed by atoms with Crippen LogP contribution in [0.3, 0.4) is 0 Å². The van der Waals surface area contributed by atoms with E-state index >= 15 is 0 Å². The highest BCUT2D eigenvalue weighted by Gasteiger charge is 2.27. The van der Waals surface area contributed by atoms with Crippen molar-refractivity contribution in [1.82, 2.24) is 29.4 Å². The molecule has 1 aromatic carbocycles. The van der Waals surface area contributed by atoms with Crippen molar-refractivity contribution in [3.8, 4) is 0 Å². The van der Waals surface area contributed by atoms with Gasteiger partial charge in [-0.05, 0) is 22.4 Å². The predicted molar refractivity (Wildman–Crippen MR) is 94.0 cm³/mol. The first-order valence-corrected chi connectivity index (χ1v) is 10.2. The van der Waals surface area contributed by atoms with Crippen molar-refractivity contribution in [2.75, 3.05) is 26.2 Å². The number of tetrazole rings is 1. The maximum absolute atomic E-state index is 12.6. The molecule has 0 N–H and O–H groups in total. The van der Waals surface area contributed by atoms with Crippen LogP contribution in [-0.4, -0.2) is 64.0 Å². The Labute approximate surface area is 148 Å². The first-order valence-electron chi connectivity index (χ1n) is 8.57. The molecule has 0 unspecified atom stereocenters. The van der Waals surface area contributed by atoms with Gasteiger partial charge in [-0.25, -0.2) is 13.1 Å². The SMILES string of the molecule is CCCn1nnnc1CN1CCN(S(=O)(=O)Cc2ccccc2)CC1. The monoisotopic (exact) mass is 364 g/mol. The van der Waals surface area contributed by atoms with Crippen molar-refractivity contribution in [2.24, 2.45) is 0 Å². The van der Waals surface area contributed by atoms with Crippen molar-refractivity contribution in [3.63, 3.8) is 0 Å². The van der Waals surface area contributed by atoms with Crippen LogP contribution in [0.5, 0.6) is 0 Å². The van der Waals surface area contributed by atoms with E-state index in [0.29, 0.717) is 32.7 Å². The summed E-state index contributed by atoms with van der Waals surface area (Å²) in [6.07, 6.45) is 0.976. The van der Waals surface area contributed by atoms with Crippen molar-refractivity contribution in [3.05, 3.63) is 41.7 Å². The van der Waals surface area contributed by atoms with Gasteiger partial charge in [0.1, 0.15) is 0 Å². The Morgan fingerprint density at radius 1 is 1.08 bits per heavy atom. The highest BCUT2D eigenvalue weighted by molar-refractivity contribution is 7.88. The van der Waals surface area contributed by atoms with Gasteiger partial charge in [0, 0.05) is 32.7 Å². The van der Waals surface area contributed by atoms with Crippen LogP contribution in [0.4, 0.5) is 0 Å². The van der Waals surface area contributed by atoms with E-state index in [1.165, 1.54) is 0 Å². The molecule has 1 saturated heterocycles. The minimum atomic E-state index is -3.28. The third-order valence-corrected chi connectivity index (χ3v) is 6.17. The minimum Gasteiger partial charge on any atom is -0.293 e. The molecule has 0 bridgehead atoms. The summed E-state index contributed by atoms with van der Waals surface area (Å²) >= 11 is 0. The number of rotatable bonds is 7. The molecule has 2 heterocycles. The first kappa shape index (κ1) is 18.0. The van der Waals surface area contributed by atoms with Crippen molar-refractivity contribution in [1.29, 1.82) is 0 Å². The molecule has 3 rings (SSSR count). The van der Waals surface area contributed by atoms with E-state index in [2.05, 4.69) is 27.3 Å². The average Bonchev–Trinajstić information content (AvgIpc) is 3.03. The van der Waals surface area contributed by atoms with Gasteiger partial charge in [0.15, 0.2) is 5.82 Å². The molecule has 9 heteroatoms. The van der Waals surface area contributed by atoms with Gasteiger partial charge in [-0.1, -0.05) is 37.3 Å². The highest BCUT2D eigenvalue weighted by atomic mass is 32.2. The molecule has 0 atom stereocenters. The van der Waals surface area contributed by atoms with E-state index < -0.39 is 10.0 Å². The number of benzene rings is 1. The summed E-state index contributed by atoms with van der Waals surface area (Å²) in [6.45, 7) is 5.92. The Hall–Kier alpha value is -1.84. The fraction of sp³-hybridized carbons (Fsp3) is 0.562. The molecular weight excluding hydrogens is 340 g/mol. The fourth-order valence-corrected chi connectivity index (χ4v) is 4.48. The van der Waals surface area contributed by atoms with Gasteiger partial charge in [0.25, 0.3) is 0 Å². The van der Waals surface area contributed by atoms with E-state index in [0.717, 1.165) is 24.4 Å². The number of nitrogens with zero attached hydrogens (tertiary/aromatic N) is 6. The summed E-state index contributed by atoms with van der Waals surface area (Å²) in [6, 6.07) is 9.32. The average molecular weight is 364 g/mol. The molecule has 0 amide bonds. The van der Waals surface area contributed by atoms with Crippen LogP contribution in [0.25, 0.3) is 0 Å². The quantitative estimate of drug-likeness (QED) is 0.720.